The molecule has 1 atom stereocenters. The van der Waals surface area contributed by atoms with E-state index in [1.165, 1.54) is 24.3 Å². The minimum absolute atomic E-state index is 0.0427. The van der Waals surface area contributed by atoms with Gasteiger partial charge in [-0.15, -0.1) is 0 Å². The van der Waals surface area contributed by atoms with E-state index in [9.17, 15) is 13.6 Å². The number of nitrogens with one attached hydrogen (secondary N) is 1. The van der Waals surface area contributed by atoms with E-state index in [4.69, 9.17) is 5.73 Å². The summed E-state index contributed by atoms with van der Waals surface area (Å²) < 4.78 is 26.7. The van der Waals surface area contributed by atoms with E-state index in [0.29, 0.717) is 5.56 Å². The van der Waals surface area contributed by atoms with Crippen LogP contribution in [0.4, 0.5) is 14.5 Å². The first-order chi connectivity index (χ1) is 12.0. The number of amides is 1. The lowest BCUT2D eigenvalue weighted by Crippen LogP contribution is -2.30. The lowest BCUT2D eigenvalue weighted by Gasteiger charge is -2.20. The zero-order valence-electron chi connectivity index (χ0n) is 13.1. The van der Waals surface area contributed by atoms with Crippen molar-refractivity contribution in [3.8, 4) is 0 Å². The Kier molecular flexibility index (Phi) is 4.70. The molecule has 0 aliphatic rings. The van der Waals surface area contributed by atoms with Gasteiger partial charge < -0.3 is 11.1 Å². The van der Waals surface area contributed by atoms with Crippen molar-refractivity contribution in [1.82, 2.24) is 10.3 Å². The molecule has 126 valence electrons. The molecular formula is C19H15F2N3O. The molecule has 3 rings (SSSR count). The quantitative estimate of drug-likeness (QED) is 0.715. The Labute approximate surface area is 143 Å². The number of hydrogen-bond acceptors (Lipinski definition) is 3. The highest BCUT2D eigenvalue weighted by atomic mass is 19.1. The van der Waals surface area contributed by atoms with Gasteiger partial charge in [-0.25, -0.2) is 8.78 Å². The molecule has 0 spiro atoms. The van der Waals surface area contributed by atoms with Gasteiger partial charge in [-0.3, -0.25) is 9.78 Å². The SMILES string of the molecule is Nc1ccc(F)cc1C(=O)NC(c1ccncc1)c1ccc(F)cc1. The number of carbonyl (C=O) groups is 1. The maximum atomic E-state index is 13.4. The van der Waals surface area contributed by atoms with Crippen LogP contribution in [0.1, 0.15) is 27.5 Å². The van der Waals surface area contributed by atoms with Crippen molar-refractivity contribution >= 4 is 11.6 Å². The molecule has 0 radical (unpaired) electrons. The lowest BCUT2D eigenvalue weighted by molar-refractivity contribution is 0.0943. The van der Waals surface area contributed by atoms with Crippen LogP contribution in [0.2, 0.25) is 0 Å². The molecular weight excluding hydrogens is 324 g/mol. The number of pyridine rings is 1. The van der Waals surface area contributed by atoms with Crippen molar-refractivity contribution in [3.63, 3.8) is 0 Å². The van der Waals surface area contributed by atoms with E-state index < -0.39 is 17.8 Å². The van der Waals surface area contributed by atoms with E-state index in [1.54, 1.807) is 36.7 Å². The summed E-state index contributed by atoms with van der Waals surface area (Å²) in [6, 6.07) is 12.3. The largest absolute Gasteiger partial charge is 0.398 e. The molecule has 1 unspecified atom stereocenters. The molecule has 3 aromatic rings. The molecule has 0 bridgehead atoms. The Bertz CT molecular complexity index is 883. The van der Waals surface area contributed by atoms with Crippen LogP contribution in [0.5, 0.6) is 0 Å². The molecule has 1 amide bonds. The van der Waals surface area contributed by atoms with Gasteiger partial charge in [-0.2, -0.15) is 0 Å². The van der Waals surface area contributed by atoms with Gasteiger partial charge in [-0.1, -0.05) is 12.1 Å². The fraction of sp³-hybridized carbons (Fsp3) is 0.0526. The molecule has 0 fully saturated rings. The van der Waals surface area contributed by atoms with Gasteiger partial charge in [0.05, 0.1) is 11.6 Å². The third-order valence-corrected chi connectivity index (χ3v) is 3.78. The van der Waals surface area contributed by atoms with Crippen molar-refractivity contribution in [1.29, 1.82) is 0 Å². The third-order valence-electron chi connectivity index (χ3n) is 3.78. The number of anilines is 1. The molecule has 2 aromatic carbocycles. The smallest absolute Gasteiger partial charge is 0.254 e. The number of halogens is 2. The van der Waals surface area contributed by atoms with Gasteiger partial charge in [0.2, 0.25) is 0 Å². The van der Waals surface area contributed by atoms with Crippen molar-refractivity contribution in [2.24, 2.45) is 0 Å². The van der Waals surface area contributed by atoms with E-state index in [2.05, 4.69) is 10.3 Å². The van der Waals surface area contributed by atoms with Gasteiger partial charge in [0.15, 0.2) is 0 Å². The number of carbonyl (C=O) groups excluding carboxylic acids is 1. The Morgan fingerprint density at radius 2 is 1.52 bits per heavy atom. The van der Waals surface area contributed by atoms with Crippen LogP contribution >= 0.6 is 0 Å². The maximum Gasteiger partial charge on any atom is 0.254 e. The van der Waals surface area contributed by atoms with E-state index in [1.807, 2.05) is 0 Å². The average molecular weight is 339 g/mol. The average Bonchev–Trinajstić information content (AvgIpc) is 2.63. The fourth-order valence-corrected chi connectivity index (χ4v) is 2.50. The predicted octanol–water partition coefficient (Wildman–Crippen LogP) is 3.46. The molecule has 0 aliphatic carbocycles. The molecule has 0 saturated carbocycles. The standard InChI is InChI=1S/C19H15F2N3O/c20-14-3-1-12(2-4-14)18(13-7-9-23-10-8-13)24-19(25)16-11-15(21)5-6-17(16)22/h1-11,18H,22H2,(H,24,25). The van der Waals surface area contributed by atoms with Gasteiger partial charge in [0, 0.05) is 18.1 Å². The highest BCUT2D eigenvalue weighted by molar-refractivity contribution is 5.99. The number of aromatic nitrogens is 1. The van der Waals surface area contributed by atoms with Gasteiger partial charge in [0.25, 0.3) is 5.91 Å². The van der Waals surface area contributed by atoms with Crippen molar-refractivity contribution in [2.75, 3.05) is 5.73 Å². The second-order valence-electron chi connectivity index (χ2n) is 5.47. The van der Waals surface area contributed by atoms with Gasteiger partial charge >= 0.3 is 0 Å². The predicted molar refractivity (Wildman–Crippen MR) is 90.8 cm³/mol. The number of nitrogen functional groups attached to an aromatic ring is 1. The van der Waals surface area contributed by atoms with Gasteiger partial charge in [-0.05, 0) is 53.6 Å². The van der Waals surface area contributed by atoms with Crippen molar-refractivity contribution < 1.29 is 13.6 Å². The Hall–Kier alpha value is -3.28. The summed E-state index contributed by atoms with van der Waals surface area (Å²) in [6.07, 6.45) is 3.18. The van der Waals surface area contributed by atoms with Crippen LogP contribution in [0.25, 0.3) is 0 Å². The minimum Gasteiger partial charge on any atom is -0.398 e. The maximum absolute atomic E-state index is 13.4. The molecule has 4 nitrogen and oxygen atoms in total. The molecule has 25 heavy (non-hydrogen) atoms. The first kappa shape index (κ1) is 16.6. The van der Waals surface area contributed by atoms with Crippen LogP contribution in [0.3, 0.4) is 0 Å². The van der Waals surface area contributed by atoms with Crippen LogP contribution in [-0.4, -0.2) is 10.9 Å². The van der Waals surface area contributed by atoms with E-state index >= 15 is 0 Å². The minimum atomic E-state index is -0.557. The highest BCUT2D eigenvalue weighted by Gasteiger charge is 2.19. The fourth-order valence-electron chi connectivity index (χ4n) is 2.50. The highest BCUT2D eigenvalue weighted by Crippen LogP contribution is 2.23. The Morgan fingerprint density at radius 3 is 2.20 bits per heavy atom. The first-order valence-electron chi connectivity index (χ1n) is 7.56. The zero-order chi connectivity index (χ0) is 17.8. The zero-order valence-corrected chi connectivity index (χ0v) is 13.1. The summed E-state index contributed by atoms with van der Waals surface area (Å²) in [5.74, 6) is -1.46. The second kappa shape index (κ2) is 7.09. The molecule has 0 aliphatic heterocycles. The summed E-state index contributed by atoms with van der Waals surface area (Å²) >= 11 is 0. The monoisotopic (exact) mass is 339 g/mol. The number of benzene rings is 2. The number of rotatable bonds is 4. The normalized spacial score (nSPS) is 11.8. The van der Waals surface area contributed by atoms with E-state index in [0.717, 1.165) is 11.6 Å². The van der Waals surface area contributed by atoms with Gasteiger partial charge in [0.1, 0.15) is 11.6 Å². The van der Waals surface area contributed by atoms with Crippen LogP contribution in [-0.2, 0) is 0 Å². The molecule has 6 heteroatoms. The summed E-state index contributed by atoms with van der Waals surface area (Å²) in [5, 5.41) is 2.82. The number of hydrogen-bond donors (Lipinski definition) is 2. The summed E-state index contributed by atoms with van der Waals surface area (Å²) in [4.78, 5) is 16.6. The molecule has 0 saturated heterocycles. The topological polar surface area (TPSA) is 68.0 Å². The van der Waals surface area contributed by atoms with Crippen LogP contribution < -0.4 is 11.1 Å². The third kappa shape index (κ3) is 3.80. The second-order valence-corrected chi connectivity index (χ2v) is 5.47. The summed E-state index contributed by atoms with van der Waals surface area (Å²) in [6.45, 7) is 0. The summed E-state index contributed by atoms with van der Waals surface area (Å²) in [7, 11) is 0. The first-order valence-corrected chi connectivity index (χ1v) is 7.56. The molecule has 3 N–H and O–H groups in total. The molecule has 1 heterocycles. The van der Waals surface area contributed by atoms with Crippen LogP contribution in [0, 0.1) is 11.6 Å². The lowest BCUT2D eigenvalue weighted by atomic mass is 9.99. The van der Waals surface area contributed by atoms with E-state index in [-0.39, 0.29) is 17.1 Å². The van der Waals surface area contributed by atoms with Crippen molar-refractivity contribution in [3.05, 3.63) is 95.3 Å². The molecule has 1 aromatic heterocycles. The van der Waals surface area contributed by atoms with Crippen LogP contribution in [0.15, 0.2) is 67.0 Å². The summed E-state index contributed by atoms with van der Waals surface area (Å²) in [5.41, 5.74) is 7.42. The van der Waals surface area contributed by atoms with Crippen molar-refractivity contribution in [2.45, 2.75) is 6.04 Å². The Balaban J connectivity index is 1.96. The Morgan fingerprint density at radius 1 is 0.920 bits per heavy atom. The number of nitrogens with zero attached hydrogens (tertiary/aromatic N) is 1. The number of nitrogens with two attached hydrogens (primary N) is 1.